The average molecular weight is 374 g/mol. The van der Waals surface area contributed by atoms with Gasteiger partial charge in [0.25, 0.3) is 5.91 Å². The number of fused-ring (bicyclic) bond motifs is 1. The number of hydrogen-bond acceptors (Lipinski definition) is 6. The molecule has 1 aromatic carbocycles. The fourth-order valence-electron chi connectivity index (χ4n) is 2.87. The van der Waals surface area contributed by atoms with Gasteiger partial charge >= 0.3 is 0 Å². The van der Waals surface area contributed by atoms with E-state index in [0.717, 1.165) is 22.2 Å². The molecule has 8 nitrogen and oxygen atoms in total. The molecule has 0 atom stereocenters. The van der Waals surface area contributed by atoms with Crippen LogP contribution in [0.3, 0.4) is 0 Å². The van der Waals surface area contributed by atoms with E-state index in [4.69, 9.17) is 4.74 Å². The van der Waals surface area contributed by atoms with Crippen LogP contribution in [0, 0.1) is 6.92 Å². The second-order valence-corrected chi connectivity index (χ2v) is 6.23. The number of rotatable bonds is 5. The van der Waals surface area contributed by atoms with Gasteiger partial charge in [-0.2, -0.15) is 5.10 Å². The summed E-state index contributed by atoms with van der Waals surface area (Å²) in [4.78, 5) is 25.4. The molecule has 0 saturated heterocycles. The Labute approximate surface area is 161 Å². The Bertz CT molecular complexity index is 1120. The molecule has 0 radical (unpaired) electrons. The summed E-state index contributed by atoms with van der Waals surface area (Å²) in [7, 11) is 1.61. The summed E-state index contributed by atoms with van der Waals surface area (Å²) in [5.41, 5.74) is 2.91. The second kappa shape index (κ2) is 7.43. The van der Waals surface area contributed by atoms with Gasteiger partial charge in [0.15, 0.2) is 5.82 Å². The number of carbonyl (C=O) groups is 1. The zero-order chi connectivity index (χ0) is 19.5. The molecule has 28 heavy (non-hydrogen) atoms. The van der Waals surface area contributed by atoms with Crippen LogP contribution < -0.4 is 10.1 Å². The van der Waals surface area contributed by atoms with E-state index in [1.807, 2.05) is 43.3 Å². The van der Waals surface area contributed by atoms with E-state index in [1.165, 1.54) is 6.33 Å². The predicted octanol–water partition coefficient (Wildman–Crippen LogP) is 2.46. The molecule has 3 heterocycles. The zero-order valence-electron chi connectivity index (χ0n) is 15.5. The third-order valence-electron chi connectivity index (χ3n) is 4.37. The van der Waals surface area contributed by atoms with Gasteiger partial charge in [-0.15, -0.1) is 0 Å². The number of ether oxygens (including phenoxy) is 1. The normalized spacial score (nSPS) is 10.8. The Kier molecular flexibility index (Phi) is 4.67. The van der Waals surface area contributed by atoms with Gasteiger partial charge < -0.3 is 10.1 Å². The van der Waals surface area contributed by atoms with Crippen LogP contribution in [0.2, 0.25) is 0 Å². The Morgan fingerprint density at radius 2 is 2.11 bits per heavy atom. The Morgan fingerprint density at radius 3 is 2.82 bits per heavy atom. The monoisotopic (exact) mass is 374 g/mol. The molecule has 0 fully saturated rings. The molecule has 0 bridgehead atoms. The van der Waals surface area contributed by atoms with Crippen LogP contribution in [0.4, 0.5) is 0 Å². The lowest BCUT2D eigenvalue weighted by Gasteiger charge is -2.10. The summed E-state index contributed by atoms with van der Waals surface area (Å²) in [6, 6.07) is 11.1. The predicted molar refractivity (Wildman–Crippen MR) is 103 cm³/mol. The number of benzene rings is 1. The number of hydrogen-bond donors (Lipinski definition) is 1. The molecule has 1 N–H and O–H groups in total. The standard InChI is InChI=1S/C20H18N6O2/c1-13-17(8-15-7-16(28-2)4-5-18(15)25-13)20(27)23-10-14-3-6-19(22-9-14)26-12-21-11-24-26/h3-9,11-12H,10H2,1-2H3,(H,23,27). The fraction of sp³-hybridized carbons (Fsp3) is 0.150. The number of nitrogens with one attached hydrogen (secondary N) is 1. The van der Waals surface area contributed by atoms with E-state index >= 15 is 0 Å². The molecule has 140 valence electrons. The minimum atomic E-state index is -0.185. The van der Waals surface area contributed by atoms with Gasteiger partial charge in [-0.1, -0.05) is 6.07 Å². The highest BCUT2D eigenvalue weighted by molar-refractivity contribution is 5.98. The van der Waals surface area contributed by atoms with Gasteiger partial charge in [0.1, 0.15) is 18.4 Å². The van der Waals surface area contributed by atoms with Crippen molar-refractivity contribution in [2.75, 3.05) is 7.11 Å². The van der Waals surface area contributed by atoms with Crippen molar-refractivity contribution in [1.29, 1.82) is 0 Å². The third kappa shape index (κ3) is 3.52. The number of aryl methyl sites for hydroxylation is 1. The van der Waals surface area contributed by atoms with Crippen LogP contribution in [0.5, 0.6) is 5.75 Å². The third-order valence-corrected chi connectivity index (χ3v) is 4.37. The highest BCUT2D eigenvalue weighted by Gasteiger charge is 2.12. The van der Waals surface area contributed by atoms with E-state index in [0.29, 0.717) is 23.6 Å². The smallest absolute Gasteiger partial charge is 0.253 e. The van der Waals surface area contributed by atoms with Crippen LogP contribution in [-0.4, -0.2) is 37.7 Å². The lowest BCUT2D eigenvalue weighted by Crippen LogP contribution is -2.24. The second-order valence-electron chi connectivity index (χ2n) is 6.23. The first-order chi connectivity index (χ1) is 13.6. The van der Waals surface area contributed by atoms with Crippen LogP contribution in [-0.2, 0) is 6.54 Å². The van der Waals surface area contributed by atoms with Gasteiger partial charge in [0.05, 0.1) is 23.9 Å². The molecule has 0 unspecified atom stereocenters. The molecule has 4 rings (SSSR count). The molecule has 0 aliphatic rings. The molecular weight excluding hydrogens is 356 g/mol. The lowest BCUT2D eigenvalue weighted by atomic mass is 10.1. The molecule has 0 spiro atoms. The number of nitrogens with zero attached hydrogens (tertiary/aromatic N) is 5. The summed E-state index contributed by atoms with van der Waals surface area (Å²) >= 11 is 0. The minimum absolute atomic E-state index is 0.185. The largest absolute Gasteiger partial charge is 0.497 e. The number of pyridine rings is 2. The van der Waals surface area contributed by atoms with E-state index in [-0.39, 0.29) is 5.91 Å². The summed E-state index contributed by atoms with van der Waals surface area (Å²) in [6.45, 7) is 2.19. The summed E-state index contributed by atoms with van der Waals surface area (Å²) in [6.07, 6.45) is 4.73. The van der Waals surface area contributed by atoms with Gasteiger partial charge in [-0.3, -0.25) is 9.78 Å². The average Bonchev–Trinajstić information content (AvgIpc) is 3.26. The number of methoxy groups -OCH3 is 1. The van der Waals surface area contributed by atoms with Crippen molar-refractivity contribution in [2.45, 2.75) is 13.5 Å². The first kappa shape index (κ1) is 17.6. The molecule has 3 aromatic heterocycles. The molecular formula is C20H18N6O2. The van der Waals surface area contributed by atoms with Crippen molar-refractivity contribution in [1.82, 2.24) is 30.0 Å². The first-order valence-corrected chi connectivity index (χ1v) is 8.67. The highest BCUT2D eigenvalue weighted by Crippen LogP contribution is 2.22. The van der Waals surface area contributed by atoms with Crippen molar-refractivity contribution in [3.05, 3.63) is 72.1 Å². The summed E-state index contributed by atoms with van der Waals surface area (Å²) in [5.74, 6) is 1.20. The van der Waals surface area contributed by atoms with Crippen molar-refractivity contribution in [2.24, 2.45) is 0 Å². The summed E-state index contributed by atoms with van der Waals surface area (Å²) < 4.78 is 6.82. The molecule has 4 aromatic rings. The molecule has 8 heteroatoms. The van der Waals surface area contributed by atoms with Gasteiger partial charge in [0, 0.05) is 18.1 Å². The van der Waals surface area contributed by atoms with Crippen molar-refractivity contribution in [3.8, 4) is 11.6 Å². The fourth-order valence-corrected chi connectivity index (χ4v) is 2.87. The SMILES string of the molecule is COc1ccc2nc(C)c(C(=O)NCc3ccc(-n4cncn4)nc3)cc2c1. The maximum atomic E-state index is 12.7. The number of carbonyl (C=O) groups excluding carboxylic acids is 1. The maximum absolute atomic E-state index is 12.7. The topological polar surface area (TPSA) is 94.8 Å². The quantitative estimate of drug-likeness (QED) is 0.577. The maximum Gasteiger partial charge on any atom is 0.253 e. The lowest BCUT2D eigenvalue weighted by molar-refractivity contribution is 0.0950. The Balaban J connectivity index is 1.49. The van der Waals surface area contributed by atoms with Crippen molar-refractivity contribution < 1.29 is 9.53 Å². The van der Waals surface area contributed by atoms with Crippen LogP contribution >= 0.6 is 0 Å². The van der Waals surface area contributed by atoms with Gasteiger partial charge in [0.2, 0.25) is 0 Å². The summed E-state index contributed by atoms with van der Waals surface area (Å²) in [5, 5.41) is 7.81. The van der Waals surface area contributed by atoms with Crippen LogP contribution in [0.1, 0.15) is 21.6 Å². The van der Waals surface area contributed by atoms with Gasteiger partial charge in [-0.25, -0.2) is 14.6 Å². The van der Waals surface area contributed by atoms with Gasteiger partial charge in [-0.05, 0) is 42.8 Å². The molecule has 0 aliphatic heterocycles. The molecule has 0 aliphatic carbocycles. The van der Waals surface area contributed by atoms with E-state index in [1.54, 1.807) is 24.3 Å². The highest BCUT2D eigenvalue weighted by atomic mass is 16.5. The molecule has 1 amide bonds. The number of aromatic nitrogens is 5. The van der Waals surface area contributed by atoms with E-state index < -0.39 is 0 Å². The Hall–Kier alpha value is -3.81. The number of amides is 1. The van der Waals surface area contributed by atoms with Crippen LogP contribution in [0.25, 0.3) is 16.7 Å². The Morgan fingerprint density at radius 1 is 1.21 bits per heavy atom. The van der Waals surface area contributed by atoms with Crippen molar-refractivity contribution >= 4 is 16.8 Å². The zero-order valence-corrected chi connectivity index (χ0v) is 15.5. The first-order valence-electron chi connectivity index (χ1n) is 8.67. The van der Waals surface area contributed by atoms with Crippen molar-refractivity contribution in [3.63, 3.8) is 0 Å². The molecule has 0 saturated carbocycles. The van der Waals surface area contributed by atoms with E-state index in [2.05, 4.69) is 25.4 Å². The minimum Gasteiger partial charge on any atom is -0.497 e. The van der Waals surface area contributed by atoms with Crippen LogP contribution in [0.15, 0.2) is 55.2 Å². The van der Waals surface area contributed by atoms with E-state index in [9.17, 15) is 4.79 Å².